The number of hydrogen-bond donors (Lipinski definition) is 0. The second kappa shape index (κ2) is 6.16. The number of halogens is 1. The molecule has 2 heterocycles. The molecule has 0 unspecified atom stereocenters. The van der Waals surface area contributed by atoms with Crippen LogP contribution in [-0.2, 0) is 6.42 Å². The fourth-order valence-corrected chi connectivity index (χ4v) is 3.20. The molecule has 23 heavy (non-hydrogen) atoms. The summed E-state index contributed by atoms with van der Waals surface area (Å²) in [5.74, 6) is 1.19. The first-order chi connectivity index (χ1) is 11.0. The first-order valence-corrected chi connectivity index (χ1v) is 7.88. The minimum atomic E-state index is -0.121. The summed E-state index contributed by atoms with van der Waals surface area (Å²) in [6.45, 7) is 4.25. The van der Waals surface area contributed by atoms with Gasteiger partial charge in [-0.3, -0.25) is 4.79 Å². The molecule has 1 aliphatic heterocycles. The molecule has 2 aromatic rings. The van der Waals surface area contributed by atoms with Crippen molar-refractivity contribution in [3.8, 4) is 5.75 Å². The van der Waals surface area contributed by atoms with Gasteiger partial charge in [-0.1, -0.05) is 11.6 Å². The number of aromatic nitrogens is 2. The van der Waals surface area contributed by atoms with Crippen LogP contribution in [0.1, 0.15) is 33.9 Å². The van der Waals surface area contributed by atoms with Crippen molar-refractivity contribution >= 4 is 23.2 Å². The van der Waals surface area contributed by atoms with Crippen molar-refractivity contribution < 1.29 is 9.53 Å². The third kappa shape index (κ3) is 2.77. The maximum Gasteiger partial charge on any atom is 0.261 e. The standard InChI is InChI=1S/C17H18ClN3O2/c1-10-13(9-19-11(2)20-10)17(22)21-8-4-5-12-14(18)6-7-15(23-3)16(12)21/h6-7,9H,4-5,8H2,1-3H3. The van der Waals surface area contributed by atoms with Crippen molar-refractivity contribution in [3.05, 3.63) is 46.0 Å². The number of rotatable bonds is 2. The van der Waals surface area contributed by atoms with Crippen molar-refractivity contribution in [2.45, 2.75) is 26.7 Å². The second-order valence-electron chi connectivity index (χ2n) is 5.55. The number of amides is 1. The molecule has 0 atom stereocenters. The molecular formula is C17H18ClN3O2. The number of carbonyl (C=O) groups is 1. The predicted octanol–water partition coefficient (Wildman–Crippen LogP) is 3.35. The number of ether oxygens (including phenoxy) is 1. The first-order valence-electron chi connectivity index (χ1n) is 7.50. The lowest BCUT2D eigenvalue weighted by molar-refractivity contribution is 0.0983. The van der Waals surface area contributed by atoms with Crippen LogP contribution < -0.4 is 9.64 Å². The van der Waals surface area contributed by atoms with Gasteiger partial charge < -0.3 is 9.64 Å². The average Bonchev–Trinajstić information content (AvgIpc) is 2.54. The lowest BCUT2D eigenvalue weighted by atomic mass is 9.99. The maximum absolute atomic E-state index is 13.0. The molecule has 0 spiro atoms. The summed E-state index contributed by atoms with van der Waals surface area (Å²) < 4.78 is 5.45. The summed E-state index contributed by atoms with van der Waals surface area (Å²) in [5, 5.41) is 0.662. The van der Waals surface area contributed by atoms with Crippen molar-refractivity contribution in [1.29, 1.82) is 0 Å². The van der Waals surface area contributed by atoms with E-state index in [9.17, 15) is 4.79 Å². The van der Waals surface area contributed by atoms with Crippen molar-refractivity contribution in [2.75, 3.05) is 18.6 Å². The molecule has 1 aromatic heterocycles. The number of carbonyl (C=O) groups excluding carboxylic acids is 1. The molecule has 0 bridgehead atoms. The van der Waals surface area contributed by atoms with E-state index in [0.717, 1.165) is 24.1 Å². The van der Waals surface area contributed by atoms with Gasteiger partial charge >= 0.3 is 0 Å². The summed E-state index contributed by atoms with van der Waals surface area (Å²) in [6, 6.07) is 3.61. The molecule has 120 valence electrons. The van der Waals surface area contributed by atoms with Crippen LogP contribution in [0.3, 0.4) is 0 Å². The van der Waals surface area contributed by atoms with Crippen LogP contribution in [0.15, 0.2) is 18.3 Å². The quantitative estimate of drug-likeness (QED) is 0.846. The highest BCUT2D eigenvalue weighted by Crippen LogP contribution is 2.40. The molecule has 5 nitrogen and oxygen atoms in total. The summed E-state index contributed by atoms with van der Waals surface area (Å²) >= 11 is 6.32. The highest BCUT2D eigenvalue weighted by Gasteiger charge is 2.29. The molecule has 0 fully saturated rings. The zero-order valence-electron chi connectivity index (χ0n) is 13.4. The van der Waals surface area contributed by atoms with Gasteiger partial charge in [-0.05, 0) is 44.4 Å². The van der Waals surface area contributed by atoms with E-state index >= 15 is 0 Å². The molecule has 0 saturated carbocycles. The fraction of sp³-hybridized carbons (Fsp3) is 0.353. The maximum atomic E-state index is 13.0. The molecule has 0 saturated heterocycles. The number of methoxy groups -OCH3 is 1. The summed E-state index contributed by atoms with van der Waals surface area (Å²) in [4.78, 5) is 23.2. The van der Waals surface area contributed by atoms with Crippen LogP contribution in [0.4, 0.5) is 5.69 Å². The Kier molecular flexibility index (Phi) is 4.22. The highest BCUT2D eigenvalue weighted by atomic mass is 35.5. The van der Waals surface area contributed by atoms with E-state index in [-0.39, 0.29) is 5.91 Å². The van der Waals surface area contributed by atoms with Gasteiger partial charge in [0.05, 0.1) is 24.1 Å². The third-order valence-corrected chi connectivity index (χ3v) is 4.42. The van der Waals surface area contributed by atoms with Crippen LogP contribution >= 0.6 is 11.6 Å². The number of fused-ring (bicyclic) bond motifs is 1. The lowest BCUT2D eigenvalue weighted by Crippen LogP contribution is -2.36. The van der Waals surface area contributed by atoms with E-state index in [0.29, 0.717) is 34.4 Å². The monoisotopic (exact) mass is 331 g/mol. The van der Waals surface area contributed by atoms with Gasteiger partial charge in [-0.25, -0.2) is 9.97 Å². The van der Waals surface area contributed by atoms with Crippen LogP contribution in [0.2, 0.25) is 5.02 Å². The van der Waals surface area contributed by atoms with E-state index in [1.807, 2.05) is 13.0 Å². The number of anilines is 1. The number of nitrogens with zero attached hydrogens (tertiary/aromatic N) is 3. The molecule has 1 aliphatic rings. The first kappa shape index (κ1) is 15.7. The van der Waals surface area contributed by atoms with Gasteiger partial charge in [0.1, 0.15) is 11.6 Å². The second-order valence-corrected chi connectivity index (χ2v) is 5.96. The number of benzene rings is 1. The normalized spacial score (nSPS) is 13.7. The Labute approximate surface area is 140 Å². The number of aryl methyl sites for hydroxylation is 2. The van der Waals surface area contributed by atoms with Crippen LogP contribution in [0, 0.1) is 13.8 Å². The van der Waals surface area contributed by atoms with Gasteiger partial charge in [0.25, 0.3) is 5.91 Å². The molecule has 0 N–H and O–H groups in total. The zero-order valence-corrected chi connectivity index (χ0v) is 14.1. The van der Waals surface area contributed by atoms with E-state index in [2.05, 4.69) is 9.97 Å². The molecular weight excluding hydrogens is 314 g/mol. The minimum absolute atomic E-state index is 0.121. The van der Waals surface area contributed by atoms with Gasteiger partial charge in [-0.15, -0.1) is 0 Å². The molecule has 0 radical (unpaired) electrons. The molecule has 1 aromatic carbocycles. The Hall–Kier alpha value is -2.14. The van der Waals surface area contributed by atoms with Gasteiger partial charge in [0.15, 0.2) is 0 Å². The zero-order chi connectivity index (χ0) is 16.6. The Bertz CT molecular complexity index is 777. The highest BCUT2D eigenvalue weighted by molar-refractivity contribution is 6.32. The Balaban J connectivity index is 2.09. The molecule has 6 heteroatoms. The van der Waals surface area contributed by atoms with Crippen LogP contribution in [0.25, 0.3) is 0 Å². The molecule has 0 aliphatic carbocycles. The van der Waals surface area contributed by atoms with Crippen molar-refractivity contribution in [3.63, 3.8) is 0 Å². The summed E-state index contributed by atoms with van der Waals surface area (Å²) in [7, 11) is 1.60. The van der Waals surface area contributed by atoms with Crippen LogP contribution in [0.5, 0.6) is 5.75 Å². The van der Waals surface area contributed by atoms with E-state index in [1.54, 1.807) is 31.2 Å². The lowest BCUT2D eigenvalue weighted by Gasteiger charge is -2.31. The topological polar surface area (TPSA) is 55.3 Å². The molecule has 1 amide bonds. The van der Waals surface area contributed by atoms with E-state index in [1.165, 1.54) is 0 Å². The smallest absolute Gasteiger partial charge is 0.261 e. The van der Waals surface area contributed by atoms with E-state index in [4.69, 9.17) is 16.3 Å². The third-order valence-electron chi connectivity index (χ3n) is 4.06. The average molecular weight is 332 g/mol. The van der Waals surface area contributed by atoms with Gasteiger partial charge in [-0.2, -0.15) is 0 Å². The Morgan fingerprint density at radius 2 is 2.13 bits per heavy atom. The van der Waals surface area contributed by atoms with Gasteiger partial charge in [0.2, 0.25) is 0 Å². The van der Waals surface area contributed by atoms with Crippen molar-refractivity contribution in [2.24, 2.45) is 0 Å². The SMILES string of the molecule is COc1ccc(Cl)c2c1N(C(=O)c1cnc(C)nc1C)CCC2. The van der Waals surface area contributed by atoms with Gasteiger partial charge in [0, 0.05) is 17.8 Å². The Morgan fingerprint density at radius 3 is 2.83 bits per heavy atom. The van der Waals surface area contributed by atoms with Crippen molar-refractivity contribution in [1.82, 2.24) is 9.97 Å². The van der Waals surface area contributed by atoms with Crippen LogP contribution in [-0.4, -0.2) is 29.5 Å². The minimum Gasteiger partial charge on any atom is -0.495 e. The predicted molar refractivity (Wildman–Crippen MR) is 89.5 cm³/mol. The fourth-order valence-electron chi connectivity index (χ4n) is 2.96. The summed E-state index contributed by atoms with van der Waals surface area (Å²) in [5.41, 5.74) is 2.90. The number of hydrogen-bond acceptors (Lipinski definition) is 4. The Morgan fingerprint density at radius 1 is 1.35 bits per heavy atom. The summed E-state index contributed by atoms with van der Waals surface area (Å²) in [6.07, 6.45) is 3.28. The van der Waals surface area contributed by atoms with E-state index < -0.39 is 0 Å². The largest absolute Gasteiger partial charge is 0.495 e. The molecule has 3 rings (SSSR count).